The molecule has 4 N–H and O–H groups in total. The average Bonchev–Trinajstić information content (AvgIpc) is 2.61. The van der Waals surface area contributed by atoms with Crippen molar-refractivity contribution >= 4 is 11.8 Å². The van der Waals surface area contributed by atoms with Crippen LogP contribution in [-0.4, -0.2) is 45.7 Å². The topological polar surface area (TPSA) is 95.1 Å². The van der Waals surface area contributed by atoms with Gasteiger partial charge in [-0.1, -0.05) is 0 Å². The molecule has 7 nitrogen and oxygen atoms in total. The lowest BCUT2D eigenvalue weighted by Crippen LogP contribution is -3.15. The van der Waals surface area contributed by atoms with Gasteiger partial charge in [0.25, 0.3) is 5.91 Å². The van der Waals surface area contributed by atoms with Crippen molar-refractivity contribution in [3.8, 4) is 11.5 Å². The van der Waals surface area contributed by atoms with Crippen molar-refractivity contribution < 1.29 is 24.0 Å². The highest BCUT2D eigenvalue weighted by molar-refractivity contribution is 5.78. The first-order chi connectivity index (χ1) is 11.9. The lowest BCUT2D eigenvalue weighted by molar-refractivity contribution is -0.899. The Morgan fingerprint density at radius 3 is 2.76 bits per heavy atom. The Bertz CT molecular complexity index is 620. The number of likely N-dealkylation sites (tertiary alicyclic amines) is 1. The number of amides is 2. The van der Waals surface area contributed by atoms with Crippen molar-refractivity contribution in [1.82, 2.24) is 5.32 Å². The summed E-state index contributed by atoms with van der Waals surface area (Å²) in [5.74, 6) is 0.951. The number of ether oxygens (including phenoxy) is 2. The van der Waals surface area contributed by atoms with Crippen molar-refractivity contribution in [1.29, 1.82) is 0 Å². The molecule has 0 spiro atoms. The molecule has 0 radical (unpaired) electrons. The van der Waals surface area contributed by atoms with Gasteiger partial charge in [0.2, 0.25) is 5.91 Å². The number of methoxy groups -OCH3 is 2. The molecule has 138 valence electrons. The molecule has 1 unspecified atom stereocenters. The first-order valence-corrected chi connectivity index (χ1v) is 8.58. The Morgan fingerprint density at radius 1 is 1.36 bits per heavy atom. The Balaban J connectivity index is 1.97. The number of carbonyl (C=O) groups is 2. The largest absolute Gasteiger partial charge is 0.497 e. The third-order valence-corrected chi connectivity index (χ3v) is 4.71. The van der Waals surface area contributed by atoms with Gasteiger partial charge in [-0.3, -0.25) is 9.59 Å². The number of nitrogens with two attached hydrogens (primary N) is 1. The van der Waals surface area contributed by atoms with Crippen LogP contribution in [0.3, 0.4) is 0 Å². The second-order valence-corrected chi connectivity index (χ2v) is 6.52. The van der Waals surface area contributed by atoms with Crippen LogP contribution < -0.4 is 25.4 Å². The highest BCUT2D eigenvalue weighted by Crippen LogP contribution is 2.29. The Morgan fingerprint density at radius 2 is 2.12 bits per heavy atom. The summed E-state index contributed by atoms with van der Waals surface area (Å²) >= 11 is 0. The average molecular weight is 350 g/mol. The molecule has 3 atom stereocenters. The number of hydrogen-bond donors (Lipinski definition) is 3. The fourth-order valence-electron chi connectivity index (χ4n) is 3.33. The predicted molar refractivity (Wildman–Crippen MR) is 93.6 cm³/mol. The molecule has 2 amide bonds. The maximum Gasteiger partial charge on any atom is 0.275 e. The van der Waals surface area contributed by atoms with E-state index in [4.69, 9.17) is 15.2 Å². The summed E-state index contributed by atoms with van der Waals surface area (Å²) < 4.78 is 10.6. The van der Waals surface area contributed by atoms with Gasteiger partial charge in [-0.2, -0.15) is 0 Å². The second-order valence-electron chi connectivity index (χ2n) is 6.52. The Labute approximate surface area is 148 Å². The Hall–Kier alpha value is -2.28. The quantitative estimate of drug-likeness (QED) is 0.627. The zero-order valence-electron chi connectivity index (χ0n) is 15.1. The first kappa shape index (κ1) is 19.1. The molecule has 1 aliphatic rings. The maximum atomic E-state index is 12.4. The van der Waals surface area contributed by atoms with E-state index in [1.54, 1.807) is 14.2 Å². The van der Waals surface area contributed by atoms with Gasteiger partial charge in [-0.05, 0) is 38.0 Å². The molecule has 1 aromatic carbocycles. The highest BCUT2D eigenvalue weighted by Gasteiger charge is 2.28. The van der Waals surface area contributed by atoms with Crippen molar-refractivity contribution in [3.63, 3.8) is 0 Å². The zero-order valence-corrected chi connectivity index (χ0v) is 15.1. The van der Waals surface area contributed by atoms with Crippen LogP contribution in [-0.2, 0) is 9.59 Å². The number of benzene rings is 1. The summed E-state index contributed by atoms with van der Waals surface area (Å²) in [6, 6.07) is 5.29. The van der Waals surface area contributed by atoms with E-state index in [0.29, 0.717) is 24.6 Å². The van der Waals surface area contributed by atoms with Crippen LogP contribution in [0.4, 0.5) is 0 Å². The fraction of sp³-hybridized carbons (Fsp3) is 0.556. The number of quaternary nitrogens is 1. The van der Waals surface area contributed by atoms with Gasteiger partial charge in [0.05, 0.1) is 39.3 Å². The molecule has 1 saturated heterocycles. The van der Waals surface area contributed by atoms with E-state index in [0.717, 1.165) is 29.8 Å². The molecule has 0 aliphatic carbocycles. The fourth-order valence-corrected chi connectivity index (χ4v) is 3.33. The van der Waals surface area contributed by atoms with Crippen LogP contribution in [0.15, 0.2) is 18.2 Å². The van der Waals surface area contributed by atoms with Crippen LogP contribution in [0.5, 0.6) is 11.5 Å². The molecule has 0 aromatic heterocycles. The van der Waals surface area contributed by atoms with E-state index in [-0.39, 0.29) is 23.8 Å². The summed E-state index contributed by atoms with van der Waals surface area (Å²) in [6.45, 7) is 3.75. The minimum atomic E-state index is -0.271. The van der Waals surface area contributed by atoms with Crippen LogP contribution >= 0.6 is 0 Å². The second kappa shape index (κ2) is 8.71. The van der Waals surface area contributed by atoms with Crippen LogP contribution in [0.1, 0.15) is 31.4 Å². The van der Waals surface area contributed by atoms with E-state index in [2.05, 4.69) is 5.32 Å². The molecule has 1 aliphatic heterocycles. The van der Waals surface area contributed by atoms with Crippen LogP contribution in [0, 0.1) is 5.92 Å². The molecule has 0 bridgehead atoms. The first-order valence-electron chi connectivity index (χ1n) is 8.58. The molecule has 1 aromatic rings. The lowest BCUT2D eigenvalue weighted by atomic mass is 9.97. The van der Waals surface area contributed by atoms with Crippen LogP contribution in [0.25, 0.3) is 0 Å². The van der Waals surface area contributed by atoms with Gasteiger partial charge in [-0.25, -0.2) is 0 Å². The third kappa shape index (κ3) is 5.09. The van der Waals surface area contributed by atoms with Crippen molar-refractivity contribution in [2.45, 2.75) is 25.8 Å². The van der Waals surface area contributed by atoms with Crippen LogP contribution in [0.2, 0.25) is 0 Å². The molecule has 1 fully saturated rings. The minimum absolute atomic E-state index is 0.0579. The van der Waals surface area contributed by atoms with Crippen molar-refractivity contribution in [3.05, 3.63) is 23.8 Å². The summed E-state index contributed by atoms with van der Waals surface area (Å²) in [6.07, 6.45) is 1.73. The number of nitrogens with one attached hydrogen (secondary N) is 2. The van der Waals surface area contributed by atoms with Gasteiger partial charge in [-0.15, -0.1) is 0 Å². The predicted octanol–water partition coefficient (Wildman–Crippen LogP) is -0.339. The van der Waals surface area contributed by atoms with E-state index in [1.165, 1.54) is 0 Å². The maximum absolute atomic E-state index is 12.4. The molecule has 2 rings (SSSR count). The summed E-state index contributed by atoms with van der Waals surface area (Å²) in [7, 11) is 3.20. The van der Waals surface area contributed by atoms with Gasteiger partial charge >= 0.3 is 0 Å². The number of primary amides is 1. The van der Waals surface area contributed by atoms with Gasteiger partial charge in [0, 0.05) is 5.56 Å². The van der Waals surface area contributed by atoms with E-state index < -0.39 is 0 Å². The molecule has 1 heterocycles. The number of rotatable bonds is 7. The van der Waals surface area contributed by atoms with Gasteiger partial charge < -0.3 is 25.4 Å². The van der Waals surface area contributed by atoms with Gasteiger partial charge in [0.15, 0.2) is 6.54 Å². The number of hydrogen-bond acceptors (Lipinski definition) is 4. The standard InChI is InChI=1S/C18H27N3O4/c1-12(15-9-14(24-2)6-7-16(15)25-3)20-17(22)11-21-8-4-5-13(10-21)18(19)23/h6-7,9,12-13H,4-5,8,10-11H2,1-3H3,(H2,19,23)(H,20,22)/p+1/t12-,13-/m0/s1. The monoisotopic (exact) mass is 350 g/mol. The van der Waals surface area contributed by atoms with E-state index in [9.17, 15) is 9.59 Å². The lowest BCUT2D eigenvalue weighted by Gasteiger charge is -2.28. The molecular weight excluding hydrogens is 322 g/mol. The molecule has 0 saturated carbocycles. The van der Waals surface area contributed by atoms with E-state index in [1.807, 2.05) is 25.1 Å². The van der Waals surface area contributed by atoms with Crippen molar-refractivity contribution in [2.24, 2.45) is 11.7 Å². The molecule has 25 heavy (non-hydrogen) atoms. The summed E-state index contributed by atoms with van der Waals surface area (Å²) in [5.41, 5.74) is 6.26. The highest BCUT2D eigenvalue weighted by atomic mass is 16.5. The number of carbonyl (C=O) groups excluding carboxylic acids is 2. The smallest absolute Gasteiger partial charge is 0.275 e. The Kier molecular flexibility index (Phi) is 6.64. The third-order valence-electron chi connectivity index (χ3n) is 4.71. The normalized spacial score (nSPS) is 21.2. The minimum Gasteiger partial charge on any atom is -0.497 e. The molecule has 7 heteroatoms. The summed E-state index contributed by atoms with van der Waals surface area (Å²) in [4.78, 5) is 24.9. The van der Waals surface area contributed by atoms with Gasteiger partial charge in [0.1, 0.15) is 11.5 Å². The SMILES string of the molecule is COc1ccc(OC)c([C@H](C)NC(=O)C[NH+]2CCC[C@H](C(N)=O)C2)c1. The number of piperidine rings is 1. The zero-order chi connectivity index (χ0) is 18.4. The molecular formula is C18H28N3O4+. The summed E-state index contributed by atoms with van der Waals surface area (Å²) in [5, 5.41) is 3.00. The van der Waals surface area contributed by atoms with E-state index >= 15 is 0 Å². The van der Waals surface area contributed by atoms with Crippen molar-refractivity contribution in [2.75, 3.05) is 33.9 Å².